The maximum absolute atomic E-state index is 5.53. The molecule has 2 bridgehead atoms. The minimum absolute atomic E-state index is 0.799. The molecule has 0 aromatic heterocycles. The highest BCUT2D eigenvalue weighted by Crippen LogP contribution is 2.31. The third-order valence-corrected chi connectivity index (χ3v) is 3.24. The second kappa shape index (κ2) is 2.76. The summed E-state index contributed by atoms with van der Waals surface area (Å²) in [6.45, 7) is 6.82. The molecule has 2 nitrogen and oxygen atoms in total. The van der Waals surface area contributed by atoms with E-state index < -0.39 is 0 Å². The number of rotatable bonds is 0. The Morgan fingerprint density at radius 1 is 1.18 bits per heavy atom. The molecule has 0 saturated carbocycles. The summed E-state index contributed by atoms with van der Waals surface area (Å²) in [6, 6.07) is 0. The minimum atomic E-state index is 0.799. The average Bonchev–Trinajstić information content (AvgIpc) is 1.92. The summed E-state index contributed by atoms with van der Waals surface area (Å²) in [6.07, 6.45) is 0. The molecule has 2 fully saturated rings. The quantitative estimate of drug-likeness (QED) is 0.514. The van der Waals surface area contributed by atoms with Crippen LogP contribution in [0.3, 0.4) is 0 Å². The van der Waals surface area contributed by atoms with Gasteiger partial charge < -0.3 is 9.64 Å². The van der Waals surface area contributed by atoms with Crippen LogP contribution in [-0.4, -0.2) is 38.3 Å². The zero-order valence-electron chi connectivity index (χ0n) is 7.42. The van der Waals surface area contributed by atoms with Crippen molar-refractivity contribution in [2.24, 2.45) is 17.8 Å². The van der Waals surface area contributed by atoms with Crippen molar-refractivity contribution in [2.45, 2.75) is 6.92 Å². The van der Waals surface area contributed by atoms with E-state index in [1.54, 1.807) is 0 Å². The molecular formula is C9H17NO. The van der Waals surface area contributed by atoms with Crippen LogP contribution in [0.1, 0.15) is 6.92 Å². The van der Waals surface area contributed by atoms with Gasteiger partial charge in [0.1, 0.15) is 0 Å². The van der Waals surface area contributed by atoms with E-state index in [2.05, 4.69) is 18.9 Å². The lowest BCUT2D eigenvalue weighted by Crippen LogP contribution is -2.50. The Hall–Kier alpha value is -0.0800. The Morgan fingerprint density at radius 2 is 1.73 bits per heavy atom. The van der Waals surface area contributed by atoms with Crippen LogP contribution in [0.25, 0.3) is 0 Å². The molecule has 0 aliphatic carbocycles. The van der Waals surface area contributed by atoms with E-state index in [1.165, 1.54) is 13.1 Å². The fourth-order valence-electron chi connectivity index (χ4n) is 2.37. The molecule has 0 aromatic rings. The number of fused-ring (bicyclic) bond motifs is 2. The third kappa shape index (κ3) is 1.30. The number of nitrogens with zero attached hydrogens (tertiary/aromatic N) is 1. The topological polar surface area (TPSA) is 12.5 Å². The zero-order chi connectivity index (χ0) is 7.84. The van der Waals surface area contributed by atoms with Crippen LogP contribution in [0.2, 0.25) is 0 Å². The van der Waals surface area contributed by atoms with Gasteiger partial charge in [0, 0.05) is 13.1 Å². The van der Waals surface area contributed by atoms with Gasteiger partial charge in [-0.1, -0.05) is 6.92 Å². The summed E-state index contributed by atoms with van der Waals surface area (Å²) in [7, 11) is 2.22. The van der Waals surface area contributed by atoms with Crippen molar-refractivity contribution in [3.8, 4) is 0 Å². The normalized spacial score (nSPS) is 45.8. The molecule has 0 amide bonds. The van der Waals surface area contributed by atoms with E-state index >= 15 is 0 Å². The van der Waals surface area contributed by atoms with Crippen molar-refractivity contribution < 1.29 is 4.74 Å². The van der Waals surface area contributed by atoms with Gasteiger partial charge in [0.05, 0.1) is 13.2 Å². The lowest BCUT2D eigenvalue weighted by molar-refractivity contribution is -0.0711. The lowest BCUT2D eigenvalue weighted by atomic mass is 9.78. The first-order valence-electron chi connectivity index (χ1n) is 4.53. The largest absolute Gasteiger partial charge is 0.381 e. The molecule has 2 saturated heterocycles. The molecule has 2 aliphatic heterocycles. The van der Waals surface area contributed by atoms with Gasteiger partial charge in [-0.05, 0) is 24.8 Å². The molecule has 2 atom stereocenters. The van der Waals surface area contributed by atoms with Crippen LogP contribution in [0.5, 0.6) is 0 Å². The van der Waals surface area contributed by atoms with Crippen molar-refractivity contribution >= 4 is 0 Å². The smallest absolute Gasteiger partial charge is 0.0509 e. The van der Waals surface area contributed by atoms with Gasteiger partial charge in [-0.3, -0.25) is 0 Å². The first-order chi connectivity index (χ1) is 5.27. The molecule has 2 rings (SSSR count). The molecule has 2 unspecified atom stereocenters. The van der Waals surface area contributed by atoms with Crippen molar-refractivity contribution in [1.29, 1.82) is 0 Å². The number of ether oxygens (including phenoxy) is 1. The van der Waals surface area contributed by atoms with Crippen molar-refractivity contribution in [3.63, 3.8) is 0 Å². The van der Waals surface area contributed by atoms with Crippen LogP contribution < -0.4 is 0 Å². The predicted molar refractivity (Wildman–Crippen MR) is 44.5 cm³/mol. The summed E-state index contributed by atoms with van der Waals surface area (Å²) in [5.74, 6) is 2.49. The Labute approximate surface area is 68.5 Å². The van der Waals surface area contributed by atoms with E-state index in [0.29, 0.717) is 0 Å². The van der Waals surface area contributed by atoms with E-state index in [1.807, 2.05) is 0 Å². The molecule has 2 heterocycles. The Balaban J connectivity index is 2.07. The van der Waals surface area contributed by atoms with Crippen molar-refractivity contribution in [3.05, 3.63) is 0 Å². The minimum Gasteiger partial charge on any atom is -0.381 e. The number of hydrogen-bond donors (Lipinski definition) is 0. The third-order valence-electron chi connectivity index (χ3n) is 3.24. The molecule has 0 spiro atoms. The SMILES string of the molecule is CC1C2COCC1CN(C)C2. The second-order valence-corrected chi connectivity index (χ2v) is 4.14. The maximum Gasteiger partial charge on any atom is 0.0509 e. The highest BCUT2D eigenvalue weighted by atomic mass is 16.5. The first kappa shape index (κ1) is 7.56. The maximum atomic E-state index is 5.53. The summed E-state index contributed by atoms with van der Waals surface area (Å²) >= 11 is 0. The molecular weight excluding hydrogens is 138 g/mol. The van der Waals surface area contributed by atoms with Gasteiger partial charge >= 0.3 is 0 Å². The van der Waals surface area contributed by atoms with Gasteiger partial charge in [0.25, 0.3) is 0 Å². The van der Waals surface area contributed by atoms with E-state index in [9.17, 15) is 0 Å². The Bertz CT molecular complexity index is 134. The van der Waals surface area contributed by atoms with Gasteiger partial charge in [-0.15, -0.1) is 0 Å². The molecule has 0 radical (unpaired) electrons. The van der Waals surface area contributed by atoms with Crippen LogP contribution in [0, 0.1) is 17.8 Å². The predicted octanol–water partition coefficient (Wildman–Crippen LogP) is 0.831. The number of likely N-dealkylation sites (tertiary alicyclic amines) is 1. The number of hydrogen-bond acceptors (Lipinski definition) is 2. The van der Waals surface area contributed by atoms with Gasteiger partial charge in [-0.25, -0.2) is 0 Å². The lowest BCUT2D eigenvalue weighted by Gasteiger charge is -2.44. The molecule has 64 valence electrons. The molecule has 2 heteroatoms. The van der Waals surface area contributed by atoms with Gasteiger partial charge in [0.15, 0.2) is 0 Å². The first-order valence-corrected chi connectivity index (χ1v) is 4.53. The van der Waals surface area contributed by atoms with E-state index in [-0.39, 0.29) is 0 Å². The summed E-state index contributed by atoms with van der Waals surface area (Å²) in [5.41, 5.74) is 0. The summed E-state index contributed by atoms with van der Waals surface area (Å²) < 4.78 is 5.53. The standard InChI is InChI=1S/C9H17NO/c1-7-8-3-10(2)4-9(7)6-11-5-8/h7-9H,3-6H2,1-2H3. The van der Waals surface area contributed by atoms with Crippen LogP contribution in [0.4, 0.5) is 0 Å². The summed E-state index contributed by atoms with van der Waals surface area (Å²) in [5, 5.41) is 0. The average molecular weight is 155 g/mol. The van der Waals surface area contributed by atoms with E-state index in [0.717, 1.165) is 31.0 Å². The van der Waals surface area contributed by atoms with Crippen molar-refractivity contribution in [2.75, 3.05) is 33.4 Å². The molecule has 11 heavy (non-hydrogen) atoms. The fourth-order valence-corrected chi connectivity index (χ4v) is 2.37. The van der Waals surface area contributed by atoms with Crippen LogP contribution in [0.15, 0.2) is 0 Å². The fraction of sp³-hybridized carbons (Fsp3) is 1.00. The van der Waals surface area contributed by atoms with Crippen molar-refractivity contribution in [1.82, 2.24) is 4.90 Å². The van der Waals surface area contributed by atoms with Gasteiger partial charge in [0.2, 0.25) is 0 Å². The zero-order valence-corrected chi connectivity index (χ0v) is 7.42. The molecule has 0 N–H and O–H groups in total. The monoisotopic (exact) mass is 155 g/mol. The van der Waals surface area contributed by atoms with Crippen LogP contribution in [-0.2, 0) is 4.74 Å². The Morgan fingerprint density at radius 3 is 2.27 bits per heavy atom. The van der Waals surface area contributed by atoms with E-state index in [4.69, 9.17) is 4.74 Å². The molecule has 0 aromatic carbocycles. The highest BCUT2D eigenvalue weighted by Gasteiger charge is 2.35. The highest BCUT2D eigenvalue weighted by molar-refractivity contribution is 4.85. The van der Waals surface area contributed by atoms with Gasteiger partial charge in [-0.2, -0.15) is 0 Å². The second-order valence-electron chi connectivity index (χ2n) is 4.14. The summed E-state index contributed by atoms with van der Waals surface area (Å²) in [4.78, 5) is 2.44. The molecule has 2 aliphatic rings. The Kier molecular flexibility index (Phi) is 1.90. The number of piperidine rings is 1. The van der Waals surface area contributed by atoms with Crippen LogP contribution >= 0.6 is 0 Å².